The molecule has 142 valence electrons. The van der Waals surface area contributed by atoms with Gasteiger partial charge in [-0.25, -0.2) is 4.79 Å². The first-order chi connectivity index (χ1) is 12.9. The van der Waals surface area contributed by atoms with Crippen molar-refractivity contribution in [2.75, 3.05) is 13.7 Å². The van der Waals surface area contributed by atoms with E-state index in [1.807, 2.05) is 30.3 Å². The molecular weight excluding hydrogens is 359 g/mol. The van der Waals surface area contributed by atoms with Gasteiger partial charge < -0.3 is 14.8 Å². The van der Waals surface area contributed by atoms with Crippen LogP contribution >= 0.6 is 0 Å². The molecule has 0 fully saturated rings. The van der Waals surface area contributed by atoms with Crippen molar-refractivity contribution in [1.82, 2.24) is 5.32 Å². The first-order valence-corrected chi connectivity index (χ1v) is 8.09. The van der Waals surface area contributed by atoms with Crippen molar-refractivity contribution in [2.45, 2.75) is 19.2 Å². The Morgan fingerprint density at radius 3 is 2.56 bits per heavy atom. The minimum absolute atomic E-state index is 0.170. The molecule has 0 atom stereocenters. The van der Waals surface area contributed by atoms with Crippen LogP contribution in [0.25, 0.3) is 0 Å². The van der Waals surface area contributed by atoms with Crippen LogP contribution in [-0.4, -0.2) is 19.7 Å². The van der Waals surface area contributed by atoms with Gasteiger partial charge in [0.1, 0.15) is 12.4 Å². The highest BCUT2D eigenvalue weighted by Gasteiger charge is 2.34. The fourth-order valence-corrected chi connectivity index (χ4v) is 2.17. The topological polar surface area (TPSA) is 47.6 Å². The van der Waals surface area contributed by atoms with Crippen molar-refractivity contribution in [2.24, 2.45) is 0 Å². The van der Waals surface area contributed by atoms with Gasteiger partial charge in [-0.15, -0.1) is 0 Å². The smallest absolute Gasteiger partial charge is 0.419 e. The first-order valence-electron chi connectivity index (χ1n) is 8.09. The van der Waals surface area contributed by atoms with E-state index >= 15 is 0 Å². The third-order valence-corrected chi connectivity index (χ3v) is 3.47. The highest BCUT2D eigenvalue weighted by molar-refractivity contribution is 5.67. The van der Waals surface area contributed by atoms with Crippen LogP contribution < -0.4 is 10.1 Å². The summed E-state index contributed by atoms with van der Waals surface area (Å²) >= 11 is 0. The molecule has 1 N–H and O–H groups in total. The lowest BCUT2D eigenvalue weighted by molar-refractivity contribution is -0.138. The molecular formula is C20H18F3NO3. The van der Waals surface area contributed by atoms with Crippen LogP contribution in [-0.2, 0) is 17.5 Å². The molecule has 0 aromatic heterocycles. The van der Waals surface area contributed by atoms with Crippen molar-refractivity contribution in [1.29, 1.82) is 0 Å². The van der Waals surface area contributed by atoms with Gasteiger partial charge in [0.05, 0.1) is 12.7 Å². The molecule has 2 rings (SSSR count). The average Bonchev–Trinajstić information content (AvgIpc) is 2.66. The van der Waals surface area contributed by atoms with Crippen LogP contribution in [0.15, 0.2) is 48.5 Å². The summed E-state index contributed by atoms with van der Waals surface area (Å²) in [5.74, 6) is 5.24. The zero-order chi connectivity index (χ0) is 19.7. The number of nitrogens with one attached hydrogen (secondary N) is 1. The molecule has 2 aromatic rings. The number of carbonyl (C=O) groups excluding carboxylic acids is 1. The fraction of sp³-hybridized carbons (Fsp3) is 0.250. The largest absolute Gasteiger partial charge is 0.496 e. The lowest BCUT2D eigenvalue weighted by Gasteiger charge is -2.11. The number of alkyl carbamates (subject to hydrolysis) is 1. The first kappa shape index (κ1) is 20.2. The SMILES string of the molecule is COc1cc(C#CCCNC(=O)OCc2ccccc2)ccc1C(F)(F)F. The summed E-state index contributed by atoms with van der Waals surface area (Å²) in [4.78, 5) is 11.6. The molecule has 0 radical (unpaired) electrons. The molecule has 27 heavy (non-hydrogen) atoms. The highest BCUT2D eigenvalue weighted by atomic mass is 19.4. The predicted octanol–water partition coefficient (Wildman–Crippen LogP) is 4.38. The standard InChI is InChI=1S/C20H18F3NO3/c1-26-18-13-15(10-11-17(18)20(21,22)23)7-5-6-12-24-19(25)27-14-16-8-3-2-4-9-16/h2-4,8-11,13H,6,12,14H2,1H3,(H,24,25). The van der Waals surface area contributed by atoms with E-state index in [0.717, 1.165) is 11.6 Å². The van der Waals surface area contributed by atoms with E-state index in [2.05, 4.69) is 17.2 Å². The van der Waals surface area contributed by atoms with Crippen molar-refractivity contribution in [3.8, 4) is 17.6 Å². The van der Waals surface area contributed by atoms with Crippen LogP contribution in [0.1, 0.15) is 23.1 Å². The Morgan fingerprint density at radius 1 is 1.15 bits per heavy atom. The summed E-state index contributed by atoms with van der Waals surface area (Å²) in [6.07, 6.45) is -4.72. The normalized spacial score (nSPS) is 10.5. The van der Waals surface area contributed by atoms with Crippen LogP contribution in [0.3, 0.4) is 0 Å². The molecule has 1 amide bonds. The van der Waals surface area contributed by atoms with Gasteiger partial charge in [-0.1, -0.05) is 42.2 Å². The zero-order valence-corrected chi connectivity index (χ0v) is 14.6. The van der Waals surface area contributed by atoms with Gasteiger partial charge >= 0.3 is 12.3 Å². The highest BCUT2D eigenvalue weighted by Crippen LogP contribution is 2.36. The number of halogens is 3. The summed E-state index contributed by atoms with van der Waals surface area (Å²) in [6.45, 7) is 0.433. The number of hydrogen-bond acceptors (Lipinski definition) is 3. The van der Waals surface area contributed by atoms with Gasteiger partial charge in [0.2, 0.25) is 0 Å². The van der Waals surface area contributed by atoms with E-state index in [1.165, 1.54) is 19.2 Å². The molecule has 0 aliphatic heterocycles. The van der Waals surface area contributed by atoms with Gasteiger partial charge in [0.15, 0.2) is 0 Å². The molecule has 0 bridgehead atoms. The summed E-state index contributed by atoms with van der Waals surface area (Å²) in [6, 6.07) is 12.7. The lowest BCUT2D eigenvalue weighted by atomic mass is 10.1. The lowest BCUT2D eigenvalue weighted by Crippen LogP contribution is -2.24. The fourth-order valence-electron chi connectivity index (χ4n) is 2.17. The van der Waals surface area contributed by atoms with Gasteiger partial charge in [0.25, 0.3) is 0 Å². The van der Waals surface area contributed by atoms with Crippen LogP contribution in [0, 0.1) is 11.8 Å². The maximum absolute atomic E-state index is 12.8. The molecule has 2 aromatic carbocycles. The van der Waals surface area contributed by atoms with Crippen LogP contribution in [0.5, 0.6) is 5.75 Å². The van der Waals surface area contributed by atoms with Gasteiger partial charge in [-0.2, -0.15) is 13.2 Å². The third kappa shape index (κ3) is 6.59. The number of carbonyl (C=O) groups is 1. The molecule has 0 heterocycles. The monoisotopic (exact) mass is 377 g/mol. The van der Waals surface area contributed by atoms with E-state index in [0.29, 0.717) is 12.0 Å². The summed E-state index contributed by atoms with van der Waals surface area (Å²) in [5.41, 5.74) is 0.425. The molecule has 0 spiro atoms. The Balaban J connectivity index is 1.79. The molecule has 4 nitrogen and oxygen atoms in total. The number of rotatable bonds is 5. The van der Waals surface area contributed by atoms with Crippen LogP contribution in [0.2, 0.25) is 0 Å². The van der Waals surface area contributed by atoms with E-state index in [9.17, 15) is 18.0 Å². The summed E-state index contributed by atoms with van der Waals surface area (Å²) in [5, 5.41) is 2.55. The molecule has 0 saturated heterocycles. The van der Waals surface area contributed by atoms with Crippen LogP contribution in [0.4, 0.5) is 18.0 Å². The Hall–Kier alpha value is -3.14. The van der Waals surface area contributed by atoms with Crippen molar-refractivity contribution in [3.05, 3.63) is 65.2 Å². The maximum Gasteiger partial charge on any atom is 0.419 e. The zero-order valence-electron chi connectivity index (χ0n) is 14.6. The number of amides is 1. The molecule has 7 heteroatoms. The maximum atomic E-state index is 12.8. The molecule has 0 unspecified atom stereocenters. The quantitative estimate of drug-likeness (QED) is 0.621. The Morgan fingerprint density at radius 2 is 1.89 bits per heavy atom. The molecule has 0 saturated carbocycles. The number of alkyl halides is 3. The van der Waals surface area contributed by atoms with Gasteiger partial charge in [0, 0.05) is 18.5 Å². The van der Waals surface area contributed by atoms with Gasteiger partial charge in [-0.05, 0) is 23.8 Å². The number of benzene rings is 2. The Labute approximate surface area is 155 Å². The van der Waals surface area contributed by atoms with E-state index < -0.39 is 17.8 Å². The number of ether oxygens (including phenoxy) is 2. The molecule has 0 aliphatic rings. The van der Waals surface area contributed by atoms with Crippen molar-refractivity contribution >= 4 is 6.09 Å². The minimum Gasteiger partial charge on any atom is -0.496 e. The Bertz CT molecular complexity index is 824. The minimum atomic E-state index is -4.48. The second kappa shape index (κ2) is 9.53. The predicted molar refractivity (Wildman–Crippen MR) is 94.1 cm³/mol. The summed E-state index contributed by atoms with van der Waals surface area (Å²) in [7, 11) is 1.17. The number of hydrogen-bond donors (Lipinski definition) is 1. The second-order valence-electron chi connectivity index (χ2n) is 5.45. The third-order valence-electron chi connectivity index (χ3n) is 3.47. The van der Waals surface area contributed by atoms with E-state index in [-0.39, 0.29) is 18.9 Å². The summed E-state index contributed by atoms with van der Waals surface area (Å²) < 4.78 is 48.2. The molecule has 0 aliphatic carbocycles. The average molecular weight is 377 g/mol. The Kier molecular flexibility index (Phi) is 7.12. The van der Waals surface area contributed by atoms with Crippen molar-refractivity contribution in [3.63, 3.8) is 0 Å². The van der Waals surface area contributed by atoms with Crippen molar-refractivity contribution < 1.29 is 27.4 Å². The van der Waals surface area contributed by atoms with E-state index in [1.54, 1.807) is 0 Å². The van der Waals surface area contributed by atoms with Gasteiger partial charge in [-0.3, -0.25) is 0 Å². The number of methoxy groups -OCH3 is 1. The van der Waals surface area contributed by atoms with E-state index in [4.69, 9.17) is 9.47 Å². The second-order valence-corrected chi connectivity index (χ2v) is 5.45.